The van der Waals surface area contributed by atoms with Gasteiger partial charge in [-0.05, 0) is 36.5 Å². The van der Waals surface area contributed by atoms with E-state index >= 15 is 0 Å². The number of rotatable bonds is 1. The van der Waals surface area contributed by atoms with Crippen LogP contribution in [0.2, 0.25) is 0 Å². The molecular weight excluding hydrogens is 227 g/mol. The van der Waals surface area contributed by atoms with Crippen LogP contribution < -0.4 is 0 Å². The second-order valence-corrected chi connectivity index (χ2v) is 4.32. The molecule has 1 aromatic rings. The highest BCUT2D eigenvalue weighted by molar-refractivity contribution is 6.46. The van der Waals surface area contributed by atoms with Crippen molar-refractivity contribution in [3.63, 3.8) is 0 Å². The van der Waals surface area contributed by atoms with Crippen molar-refractivity contribution in [3.8, 4) is 0 Å². The van der Waals surface area contributed by atoms with E-state index in [-0.39, 0.29) is 0 Å². The topological polar surface area (TPSA) is 0 Å². The largest absolute Gasteiger partial charge is 0.0828 e. The molecule has 15 heavy (non-hydrogen) atoms. The summed E-state index contributed by atoms with van der Waals surface area (Å²) in [5, 5.41) is 1.35. The van der Waals surface area contributed by atoms with Crippen molar-refractivity contribution in [2.24, 2.45) is 0 Å². The smallest absolute Gasteiger partial charge is 0.0630 e. The molecule has 2 rings (SSSR count). The molecule has 0 nitrogen and oxygen atoms in total. The molecule has 0 fully saturated rings. The fraction of sp³-hybridized carbons (Fsp3) is 0.154. The van der Waals surface area contributed by atoms with Crippen LogP contribution in [0.15, 0.2) is 46.0 Å². The van der Waals surface area contributed by atoms with E-state index < -0.39 is 0 Å². The first-order valence-corrected chi connectivity index (χ1v) is 5.60. The first kappa shape index (κ1) is 10.8. The minimum absolute atomic E-state index is 0.668. The third-order valence-corrected chi connectivity index (χ3v) is 3.54. The average molecular weight is 238 g/mol. The third kappa shape index (κ3) is 2.11. The molecule has 1 radical (unpaired) electrons. The number of hydrogen-bond donors (Lipinski definition) is 0. The summed E-state index contributed by atoms with van der Waals surface area (Å²) in [6.07, 6.45) is 2.96. The van der Waals surface area contributed by atoms with E-state index in [2.05, 4.69) is 18.6 Å². The van der Waals surface area contributed by atoms with Gasteiger partial charge >= 0.3 is 0 Å². The Labute approximate surface area is 100 Å². The Kier molecular flexibility index (Phi) is 3.18. The van der Waals surface area contributed by atoms with E-state index in [1.807, 2.05) is 25.1 Å². The Morgan fingerprint density at radius 1 is 1.00 bits per heavy atom. The first-order valence-electron chi connectivity index (χ1n) is 4.84. The highest BCUT2D eigenvalue weighted by atomic mass is 35.5. The van der Waals surface area contributed by atoms with Gasteiger partial charge < -0.3 is 0 Å². The number of hydrogen-bond acceptors (Lipinski definition) is 0. The molecule has 1 aliphatic rings. The van der Waals surface area contributed by atoms with Crippen LogP contribution in [0.1, 0.15) is 18.9 Å². The third-order valence-electron chi connectivity index (χ3n) is 2.54. The Balaban J connectivity index is 2.47. The van der Waals surface area contributed by atoms with Gasteiger partial charge in [0.2, 0.25) is 0 Å². The van der Waals surface area contributed by atoms with Crippen molar-refractivity contribution in [1.82, 2.24) is 0 Å². The molecule has 0 spiro atoms. The van der Waals surface area contributed by atoms with Crippen LogP contribution in [-0.4, -0.2) is 0 Å². The van der Waals surface area contributed by atoms with Gasteiger partial charge in [0, 0.05) is 0 Å². The predicted molar refractivity (Wildman–Crippen MR) is 66.7 cm³/mol. The van der Waals surface area contributed by atoms with Gasteiger partial charge in [0.1, 0.15) is 0 Å². The minimum atomic E-state index is 0.668. The monoisotopic (exact) mass is 237 g/mol. The summed E-state index contributed by atoms with van der Waals surface area (Å²) in [7, 11) is 0. The van der Waals surface area contributed by atoms with Crippen LogP contribution in [0.3, 0.4) is 0 Å². The van der Waals surface area contributed by atoms with Gasteiger partial charge in [-0.3, -0.25) is 0 Å². The molecule has 0 aliphatic heterocycles. The van der Waals surface area contributed by atoms with Gasteiger partial charge in [-0.15, -0.1) is 0 Å². The molecule has 0 bridgehead atoms. The van der Waals surface area contributed by atoms with Crippen molar-refractivity contribution < 1.29 is 0 Å². The van der Waals surface area contributed by atoms with E-state index in [9.17, 15) is 0 Å². The van der Waals surface area contributed by atoms with E-state index in [1.54, 1.807) is 0 Å². The number of halogens is 2. The lowest BCUT2D eigenvalue weighted by Gasteiger charge is -2.17. The first-order chi connectivity index (χ1) is 7.20. The Hall–Kier alpha value is -0.720. The standard InChI is InChI=1S/C13H11Cl2/c1-9-7-8-11(13(15)12(9)14)10-5-3-2-4-6-10/h2-7H,8H2,1H3. The summed E-state index contributed by atoms with van der Waals surface area (Å²) in [5.74, 6) is 0. The van der Waals surface area contributed by atoms with Gasteiger partial charge in [0.15, 0.2) is 0 Å². The SMILES string of the molecule is CC1=C(Cl)C(Cl)=C(c2ccccc2)C[CH]1. The second-order valence-electron chi connectivity index (χ2n) is 3.56. The fourth-order valence-electron chi connectivity index (χ4n) is 1.62. The Morgan fingerprint density at radius 2 is 1.67 bits per heavy atom. The van der Waals surface area contributed by atoms with Gasteiger partial charge in [0.25, 0.3) is 0 Å². The van der Waals surface area contributed by atoms with Gasteiger partial charge in [0.05, 0.1) is 10.1 Å². The summed E-state index contributed by atoms with van der Waals surface area (Å²) in [4.78, 5) is 0. The van der Waals surface area contributed by atoms with Crippen molar-refractivity contribution in [3.05, 3.63) is 58.0 Å². The molecule has 1 aromatic carbocycles. The van der Waals surface area contributed by atoms with Crippen LogP contribution >= 0.6 is 23.2 Å². The van der Waals surface area contributed by atoms with Gasteiger partial charge in [-0.1, -0.05) is 53.5 Å². The Morgan fingerprint density at radius 3 is 2.33 bits per heavy atom. The molecule has 0 aromatic heterocycles. The van der Waals surface area contributed by atoms with E-state index in [1.165, 1.54) is 0 Å². The van der Waals surface area contributed by atoms with Crippen LogP contribution in [0, 0.1) is 6.42 Å². The van der Waals surface area contributed by atoms with Crippen molar-refractivity contribution in [1.29, 1.82) is 0 Å². The lowest BCUT2D eigenvalue weighted by atomic mass is 9.94. The molecular formula is C13H11Cl2. The van der Waals surface area contributed by atoms with Gasteiger partial charge in [-0.25, -0.2) is 0 Å². The predicted octanol–water partition coefficient (Wildman–Crippen LogP) is 4.76. The highest BCUT2D eigenvalue weighted by Gasteiger charge is 2.17. The van der Waals surface area contributed by atoms with Crippen LogP contribution in [0.5, 0.6) is 0 Å². The quantitative estimate of drug-likeness (QED) is 0.661. The summed E-state index contributed by atoms with van der Waals surface area (Å²) >= 11 is 12.4. The van der Waals surface area contributed by atoms with E-state index in [4.69, 9.17) is 23.2 Å². The van der Waals surface area contributed by atoms with E-state index in [0.29, 0.717) is 10.1 Å². The molecule has 77 valence electrons. The van der Waals surface area contributed by atoms with Crippen LogP contribution in [0.25, 0.3) is 5.57 Å². The molecule has 0 N–H and O–H groups in total. The minimum Gasteiger partial charge on any atom is -0.0828 e. The zero-order valence-electron chi connectivity index (χ0n) is 8.43. The molecule has 0 saturated carbocycles. The molecule has 0 heterocycles. The summed E-state index contributed by atoms with van der Waals surface area (Å²) in [6.45, 7) is 1.98. The van der Waals surface area contributed by atoms with Crippen molar-refractivity contribution in [2.45, 2.75) is 13.3 Å². The molecule has 0 atom stereocenters. The number of benzene rings is 1. The molecule has 0 amide bonds. The zero-order chi connectivity index (χ0) is 10.8. The van der Waals surface area contributed by atoms with Gasteiger partial charge in [-0.2, -0.15) is 0 Å². The maximum Gasteiger partial charge on any atom is 0.0630 e. The number of allylic oxidation sites excluding steroid dienone is 4. The van der Waals surface area contributed by atoms with Crippen LogP contribution in [0.4, 0.5) is 0 Å². The lowest BCUT2D eigenvalue weighted by molar-refractivity contribution is 1.18. The highest BCUT2D eigenvalue weighted by Crippen LogP contribution is 2.39. The summed E-state index contributed by atoms with van der Waals surface area (Å²) in [5.41, 5.74) is 3.30. The average Bonchev–Trinajstić information content (AvgIpc) is 2.27. The summed E-state index contributed by atoms with van der Waals surface area (Å²) < 4.78 is 0. The second kappa shape index (κ2) is 4.42. The summed E-state index contributed by atoms with van der Waals surface area (Å²) in [6, 6.07) is 10.1. The molecule has 0 unspecified atom stereocenters. The molecule has 1 aliphatic carbocycles. The van der Waals surface area contributed by atoms with Crippen LogP contribution in [-0.2, 0) is 0 Å². The van der Waals surface area contributed by atoms with Crippen molar-refractivity contribution >= 4 is 28.8 Å². The normalized spacial score (nSPS) is 17.3. The Bertz CT molecular complexity index is 427. The lowest BCUT2D eigenvalue weighted by Crippen LogP contribution is -1.98. The maximum absolute atomic E-state index is 6.23. The molecule has 0 saturated heterocycles. The zero-order valence-corrected chi connectivity index (χ0v) is 9.94. The van der Waals surface area contributed by atoms with E-state index in [0.717, 1.165) is 23.1 Å². The maximum atomic E-state index is 6.23. The molecule has 2 heteroatoms. The van der Waals surface area contributed by atoms with Crippen molar-refractivity contribution in [2.75, 3.05) is 0 Å². The fourth-order valence-corrected chi connectivity index (χ4v) is 2.15.